The van der Waals surface area contributed by atoms with Gasteiger partial charge in [0, 0.05) is 6.54 Å². The number of hydrogen-bond acceptors (Lipinski definition) is 3. The number of nitrogens with zero attached hydrogens (tertiary/aromatic N) is 3. The monoisotopic (exact) mass is 194 g/mol. The Morgan fingerprint density at radius 3 is 3.00 bits per heavy atom. The molecule has 14 heavy (non-hydrogen) atoms. The lowest BCUT2D eigenvalue weighted by atomic mass is 10.1. The minimum Gasteiger partial charge on any atom is -0.311 e. The van der Waals surface area contributed by atoms with Gasteiger partial charge in [-0.05, 0) is 32.2 Å². The summed E-state index contributed by atoms with van der Waals surface area (Å²) in [7, 11) is 2.02. The maximum absolute atomic E-state index is 4.11. The Bertz CT molecular complexity index is 290. The van der Waals surface area contributed by atoms with Crippen LogP contribution in [0, 0.1) is 5.92 Å². The van der Waals surface area contributed by atoms with E-state index in [4.69, 9.17) is 0 Å². The lowest BCUT2D eigenvalue weighted by Gasteiger charge is -2.15. The third-order valence-corrected chi connectivity index (χ3v) is 2.81. The molecule has 0 saturated heterocycles. The highest BCUT2D eigenvalue weighted by atomic mass is 15.4. The molecule has 1 aliphatic rings. The zero-order valence-electron chi connectivity index (χ0n) is 8.90. The topological polar surface area (TPSA) is 42.7 Å². The van der Waals surface area contributed by atoms with Gasteiger partial charge >= 0.3 is 0 Å². The molecule has 78 valence electrons. The predicted molar refractivity (Wildman–Crippen MR) is 54.8 cm³/mol. The Morgan fingerprint density at radius 1 is 1.64 bits per heavy atom. The van der Waals surface area contributed by atoms with E-state index in [1.165, 1.54) is 18.5 Å². The third kappa shape index (κ3) is 1.80. The SMILES string of the molecule is CCCn1nncc1C(NC)C1CC1. The molecule has 0 amide bonds. The van der Waals surface area contributed by atoms with Crippen molar-refractivity contribution in [3.63, 3.8) is 0 Å². The summed E-state index contributed by atoms with van der Waals surface area (Å²) >= 11 is 0. The number of aromatic nitrogens is 3. The van der Waals surface area contributed by atoms with Crippen LogP contribution in [0.15, 0.2) is 6.20 Å². The van der Waals surface area contributed by atoms with Gasteiger partial charge in [-0.3, -0.25) is 0 Å². The van der Waals surface area contributed by atoms with Crippen molar-refractivity contribution in [1.82, 2.24) is 20.3 Å². The fourth-order valence-corrected chi connectivity index (χ4v) is 1.95. The second-order valence-corrected chi connectivity index (χ2v) is 3.99. The Balaban J connectivity index is 2.15. The molecular weight excluding hydrogens is 176 g/mol. The number of aryl methyl sites for hydroxylation is 1. The van der Waals surface area contributed by atoms with E-state index in [2.05, 4.69) is 22.6 Å². The summed E-state index contributed by atoms with van der Waals surface area (Å²) in [6.07, 6.45) is 5.68. The van der Waals surface area contributed by atoms with Gasteiger partial charge in [-0.2, -0.15) is 0 Å². The minimum atomic E-state index is 0.455. The van der Waals surface area contributed by atoms with Crippen molar-refractivity contribution < 1.29 is 0 Å². The molecule has 1 N–H and O–H groups in total. The summed E-state index contributed by atoms with van der Waals surface area (Å²) in [5, 5.41) is 11.5. The van der Waals surface area contributed by atoms with E-state index in [9.17, 15) is 0 Å². The van der Waals surface area contributed by atoms with Gasteiger partial charge in [0.25, 0.3) is 0 Å². The third-order valence-electron chi connectivity index (χ3n) is 2.81. The van der Waals surface area contributed by atoms with Crippen LogP contribution < -0.4 is 5.32 Å². The molecule has 2 rings (SSSR count). The zero-order valence-corrected chi connectivity index (χ0v) is 8.90. The Hall–Kier alpha value is -0.900. The first kappa shape index (κ1) is 9.65. The first-order valence-electron chi connectivity index (χ1n) is 5.42. The average molecular weight is 194 g/mol. The van der Waals surface area contributed by atoms with E-state index in [0.29, 0.717) is 6.04 Å². The van der Waals surface area contributed by atoms with Crippen molar-refractivity contribution in [2.45, 2.75) is 38.8 Å². The summed E-state index contributed by atoms with van der Waals surface area (Å²) in [6.45, 7) is 3.14. The first-order valence-corrected chi connectivity index (χ1v) is 5.42. The molecule has 4 heteroatoms. The molecule has 1 aromatic rings. The van der Waals surface area contributed by atoms with Crippen molar-refractivity contribution in [2.75, 3.05) is 7.05 Å². The lowest BCUT2D eigenvalue weighted by molar-refractivity contribution is 0.459. The molecule has 0 aromatic carbocycles. The second kappa shape index (κ2) is 4.09. The molecular formula is C10H18N4. The summed E-state index contributed by atoms with van der Waals surface area (Å²) in [5.74, 6) is 0.800. The van der Waals surface area contributed by atoms with Crippen LogP contribution >= 0.6 is 0 Å². The van der Waals surface area contributed by atoms with E-state index in [1.54, 1.807) is 0 Å². The Kier molecular flexibility index (Phi) is 2.82. The molecule has 0 bridgehead atoms. The standard InChI is InChI=1S/C10H18N4/c1-3-6-14-9(7-12-13-14)10(11-2)8-4-5-8/h7-8,10-11H,3-6H2,1-2H3. The van der Waals surface area contributed by atoms with Crippen LogP contribution in [0.4, 0.5) is 0 Å². The molecule has 1 fully saturated rings. The van der Waals surface area contributed by atoms with Crippen molar-refractivity contribution in [2.24, 2.45) is 5.92 Å². The number of hydrogen-bond donors (Lipinski definition) is 1. The second-order valence-electron chi connectivity index (χ2n) is 3.99. The van der Waals surface area contributed by atoms with Gasteiger partial charge in [0.2, 0.25) is 0 Å². The molecule has 1 aliphatic carbocycles. The van der Waals surface area contributed by atoms with Crippen LogP contribution in [0.3, 0.4) is 0 Å². The van der Waals surface area contributed by atoms with Crippen molar-refractivity contribution >= 4 is 0 Å². The molecule has 1 aromatic heterocycles. The van der Waals surface area contributed by atoms with E-state index >= 15 is 0 Å². The Morgan fingerprint density at radius 2 is 2.43 bits per heavy atom. The van der Waals surface area contributed by atoms with Gasteiger partial charge in [-0.15, -0.1) is 5.10 Å². The highest BCUT2D eigenvalue weighted by Gasteiger charge is 2.33. The highest BCUT2D eigenvalue weighted by molar-refractivity contribution is 5.07. The molecule has 4 nitrogen and oxygen atoms in total. The van der Waals surface area contributed by atoms with Crippen LogP contribution in [0.25, 0.3) is 0 Å². The van der Waals surface area contributed by atoms with Crippen LogP contribution in [-0.2, 0) is 6.54 Å². The van der Waals surface area contributed by atoms with E-state index in [1.807, 2.05) is 17.9 Å². The fraction of sp³-hybridized carbons (Fsp3) is 0.800. The predicted octanol–water partition coefficient (Wildman–Crippen LogP) is 1.36. The van der Waals surface area contributed by atoms with Crippen molar-refractivity contribution in [3.8, 4) is 0 Å². The maximum atomic E-state index is 4.11. The van der Waals surface area contributed by atoms with Gasteiger partial charge in [-0.1, -0.05) is 12.1 Å². The number of nitrogens with one attached hydrogen (secondary N) is 1. The molecule has 1 unspecified atom stereocenters. The molecule has 0 radical (unpaired) electrons. The van der Waals surface area contributed by atoms with Crippen LogP contribution in [0.2, 0.25) is 0 Å². The maximum Gasteiger partial charge on any atom is 0.0759 e. The van der Waals surface area contributed by atoms with Crippen LogP contribution in [0.1, 0.15) is 37.9 Å². The van der Waals surface area contributed by atoms with Crippen LogP contribution in [-0.4, -0.2) is 22.0 Å². The zero-order chi connectivity index (χ0) is 9.97. The van der Waals surface area contributed by atoms with Gasteiger partial charge < -0.3 is 5.32 Å². The van der Waals surface area contributed by atoms with Crippen molar-refractivity contribution in [1.29, 1.82) is 0 Å². The fourth-order valence-electron chi connectivity index (χ4n) is 1.95. The van der Waals surface area contributed by atoms with Gasteiger partial charge in [-0.25, -0.2) is 4.68 Å². The first-order chi connectivity index (χ1) is 6.86. The highest BCUT2D eigenvalue weighted by Crippen LogP contribution is 2.40. The quantitative estimate of drug-likeness (QED) is 0.769. The molecule has 0 aliphatic heterocycles. The summed E-state index contributed by atoms with van der Waals surface area (Å²) in [6, 6.07) is 0.455. The largest absolute Gasteiger partial charge is 0.311 e. The van der Waals surface area contributed by atoms with Gasteiger partial charge in [0.15, 0.2) is 0 Å². The molecule has 1 saturated carbocycles. The molecule has 1 heterocycles. The minimum absolute atomic E-state index is 0.455. The smallest absolute Gasteiger partial charge is 0.0759 e. The van der Waals surface area contributed by atoms with E-state index in [-0.39, 0.29) is 0 Å². The summed E-state index contributed by atoms with van der Waals surface area (Å²) in [4.78, 5) is 0. The lowest BCUT2D eigenvalue weighted by Crippen LogP contribution is -2.22. The van der Waals surface area contributed by atoms with Crippen molar-refractivity contribution in [3.05, 3.63) is 11.9 Å². The van der Waals surface area contributed by atoms with Gasteiger partial charge in [0.1, 0.15) is 0 Å². The normalized spacial score (nSPS) is 18.4. The molecule has 1 atom stereocenters. The van der Waals surface area contributed by atoms with Gasteiger partial charge in [0.05, 0.1) is 17.9 Å². The van der Waals surface area contributed by atoms with E-state index < -0.39 is 0 Å². The van der Waals surface area contributed by atoms with Crippen LogP contribution in [0.5, 0.6) is 0 Å². The molecule has 0 spiro atoms. The Labute approximate surface area is 84.7 Å². The summed E-state index contributed by atoms with van der Waals surface area (Å²) in [5.41, 5.74) is 1.25. The summed E-state index contributed by atoms with van der Waals surface area (Å²) < 4.78 is 2.03. The van der Waals surface area contributed by atoms with E-state index in [0.717, 1.165) is 18.9 Å². The average Bonchev–Trinajstić information content (AvgIpc) is 2.91. The number of rotatable bonds is 5.